The van der Waals surface area contributed by atoms with Crippen LogP contribution in [-0.4, -0.2) is 4.98 Å². The van der Waals surface area contributed by atoms with Crippen LogP contribution in [0.2, 0.25) is 15.2 Å². The summed E-state index contributed by atoms with van der Waals surface area (Å²) in [6.45, 7) is 0. The standard InChI is InChI=1S/C5H2Cl3N.Au/c6-3-1-2-9-5(8)4(3)7;/h1-2H;/q;+3. The van der Waals surface area contributed by atoms with Gasteiger partial charge in [0.15, 0.2) is 0 Å². The Hall–Kier alpha value is 0.760. The summed E-state index contributed by atoms with van der Waals surface area (Å²) in [5, 5.41) is 0.974. The van der Waals surface area contributed by atoms with E-state index in [1.807, 2.05) is 0 Å². The van der Waals surface area contributed by atoms with Gasteiger partial charge in [0.25, 0.3) is 0 Å². The first-order valence-corrected chi connectivity index (χ1v) is 3.30. The van der Waals surface area contributed by atoms with Crippen LogP contribution < -0.4 is 0 Å². The maximum atomic E-state index is 5.56. The van der Waals surface area contributed by atoms with Crippen molar-refractivity contribution in [2.24, 2.45) is 0 Å². The molecule has 0 N–H and O–H groups in total. The van der Waals surface area contributed by atoms with Crippen molar-refractivity contribution >= 4 is 34.8 Å². The first-order chi connectivity index (χ1) is 4.22. The van der Waals surface area contributed by atoms with Gasteiger partial charge in [-0.2, -0.15) is 0 Å². The largest absolute Gasteiger partial charge is 3.00 e. The quantitative estimate of drug-likeness (QED) is 0.499. The van der Waals surface area contributed by atoms with Crippen LogP contribution in [-0.2, 0) is 22.4 Å². The maximum absolute atomic E-state index is 5.56. The molecule has 0 saturated carbocycles. The van der Waals surface area contributed by atoms with Crippen molar-refractivity contribution in [3.05, 3.63) is 27.5 Å². The minimum absolute atomic E-state index is 0. The van der Waals surface area contributed by atoms with E-state index in [9.17, 15) is 0 Å². The molecular formula is C5H2AuCl3N+3. The van der Waals surface area contributed by atoms with Gasteiger partial charge in [-0.1, -0.05) is 34.8 Å². The molecule has 1 aromatic heterocycles. The second kappa shape index (κ2) is 4.60. The molecule has 0 aromatic carbocycles. The zero-order valence-electron chi connectivity index (χ0n) is 4.54. The average Bonchev–Trinajstić information content (AvgIpc) is 1.83. The molecule has 0 bridgehead atoms. The van der Waals surface area contributed by atoms with E-state index in [1.165, 1.54) is 6.20 Å². The second-order valence-corrected chi connectivity index (χ2v) is 2.54. The molecule has 0 fully saturated rings. The van der Waals surface area contributed by atoms with Crippen molar-refractivity contribution in [3.8, 4) is 0 Å². The van der Waals surface area contributed by atoms with Gasteiger partial charge < -0.3 is 0 Å². The van der Waals surface area contributed by atoms with E-state index in [-0.39, 0.29) is 27.5 Å². The molecule has 0 aliphatic heterocycles. The van der Waals surface area contributed by atoms with Crippen molar-refractivity contribution in [3.63, 3.8) is 0 Å². The number of nitrogens with zero attached hydrogens (tertiary/aromatic N) is 1. The summed E-state index contributed by atoms with van der Waals surface area (Å²) >= 11 is 16.6. The predicted molar refractivity (Wildman–Crippen MR) is 39.3 cm³/mol. The molecule has 0 spiro atoms. The molecule has 0 radical (unpaired) electrons. The van der Waals surface area contributed by atoms with Crippen LogP contribution in [0.3, 0.4) is 0 Å². The van der Waals surface area contributed by atoms with Crippen LogP contribution in [0, 0.1) is 0 Å². The van der Waals surface area contributed by atoms with Crippen LogP contribution in [0.1, 0.15) is 0 Å². The fourth-order valence-electron chi connectivity index (χ4n) is 0.397. The van der Waals surface area contributed by atoms with Crippen molar-refractivity contribution in [2.75, 3.05) is 0 Å². The molecule has 56 valence electrons. The Morgan fingerprint density at radius 2 is 1.80 bits per heavy atom. The molecule has 5 heteroatoms. The van der Waals surface area contributed by atoms with Gasteiger partial charge in [-0.25, -0.2) is 4.98 Å². The van der Waals surface area contributed by atoms with Gasteiger partial charge >= 0.3 is 22.4 Å². The Morgan fingerprint density at radius 3 is 2.20 bits per heavy atom. The van der Waals surface area contributed by atoms with Crippen LogP contribution in [0.25, 0.3) is 0 Å². The fraction of sp³-hybridized carbons (Fsp3) is 0. The average molecular weight is 379 g/mol. The number of rotatable bonds is 0. The summed E-state index contributed by atoms with van der Waals surface area (Å²) in [6.07, 6.45) is 1.50. The smallest absolute Gasteiger partial charge is 0.243 e. The second-order valence-electron chi connectivity index (χ2n) is 1.40. The molecule has 1 heterocycles. The summed E-state index contributed by atoms with van der Waals surface area (Å²) in [4.78, 5) is 3.69. The normalized spacial score (nSPS) is 8.70. The number of halogens is 3. The van der Waals surface area contributed by atoms with Gasteiger partial charge in [-0.05, 0) is 6.07 Å². The third-order valence-electron chi connectivity index (χ3n) is 0.800. The van der Waals surface area contributed by atoms with E-state index in [0.717, 1.165) is 0 Å². The Labute approximate surface area is 89.2 Å². The van der Waals surface area contributed by atoms with E-state index < -0.39 is 0 Å². The molecular weight excluding hydrogens is 377 g/mol. The molecule has 1 rings (SSSR count). The molecule has 0 amide bonds. The topological polar surface area (TPSA) is 12.9 Å². The van der Waals surface area contributed by atoms with Crippen LogP contribution >= 0.6 is 34.8 Å². The number of pyridine rings is 1. The summed E-state index contributed by atoms with van der Waals surface area (Å²) in [5.41, 5.74) is 0. The zero-order chi connectivity index (χ0) is 6.85. The van der Waals surface area contributed by atoms with Gasteiger partial charge in [-0.15, -0.1) is 0 Å². The summed E-state index contributed by atoms with van der Waals surface area (Å²) in [7, 11) is 0. The number of hydrogen-bond donors (Lipinski definition) is 0. The number of aromatic nitrogens is 1. The van der Waals surface area contributed by atoms with Crippen LogP contribution in [0.4, 0.5) is 0 Å². The van der Waals surface area contributed by atoms with Gasteiger partial charge in [0.1, 0.15) is 5.15 Å². The Morgan fingerprint density at radius 1 is 1.20 bits per heavy atom. The molecule has 0 atom stereocenters. The molecule has 0 aliphatic carbocycles. The summed E-state index contributed by atoms with van der Waals surface area (Å²) in [6, 6.07) is 1.58. The molecule has 0 aliphatic rings. The molecule has 1 nitrogen and oxygen atoms in total. The van der Waals surface area contributed by atoms with Crippen molar-refractivity contribution < 1.29 is 22.4 Å². The van der Waals surface area contributed by atoms with Gasteiger partial charge in [0.05, 0.1) is 10.0 Å². The Balaban J connectivity index is 0.000000810. The first kappa shape index (κ1) is 10.8. The van der Waals surface area contributed by atoms with Gasteiger partial charge in [-0.3, -0.25) is 0 Å². The number of hydrogen-bond acceptors (Lipinski definition) is 1. The first-order valence-electron chi connectivity index (χ1n) is 2.17. The van der Waals surface area contributed by atoms with Crippen LogP contribution in [0.5, 0.6) is 0 Å². The third-order valence-corrected chi connectivity index (χ3v) is 1.98. The van der Waals surface area contributed by atoms with E-state index in [1.54, 1.807) is 6.07 Å². The van der Waals surface area contributed by atoms with Gasteiger partial charge in [0, 0.05) is 6.20 Å². The van der Waals surface area contributed by atoms with E-state index in [2.05, 4.69) is 4.98 Å². The minimum Gasteiger partial charge on any atom is -0.243 e. The minimum atomic E-state index is 0. The van der Waals surface area contributed by atoms with E-state index >= 15 is 0 Å². The molecule has 0 unspecified atom stereocenters. The summed E-state index contributed by atoms with van der Waals surface area (Å²) in [5.74, 6) is 0. The van der Waals surface area contributed by atoms with Crippen LogP contribution in [0.15, 0.2) is 12.3 Å². The van der Waals surface area contributed by atoms with Gasteiger partial charge in [0.2, 0.25) is 0 Å². The van der Waals surface area contributed by atoms with Crippen molar-refractivity contribution in [1.82, 2.24) is 4.98 Å². The Bertz CT molecular complexity index is 208. The van der Waals surface area contributed by atoms with E-state index in [0.29, 0.717) is 10.0 Å². The maximum Gasteiger partial charge on any atom is 3.00 e. The SMILES string of the molecule is Clc1ccnc(Cl)c1Cl.[Au+3]. The zero-order valence-corrected chi connectivity index (χ0v) is 8.97. The fourth-order valence-corrected chi connectivity index (χ4v) is 0.861. The van der Waals surface area contributed by atoms with Crippen molar-refractivity contribution in [2.45, 2.75) is 0 Å². The van der Waals surface area contributed by atoms with Crippen molar-refractivity contribution in [1.29, 1.82) is 0 Å². The van der Waals surface area contributed by atoms with E-state index in [4.69, 9.17) is 34.8 Å². The summed E-state index contributed by atoms with van der Waals surface area (Å²) < 4.78 is 0. The monoisotopic (exact) mass is 378 g/mol. The third kappa shape index (κ3) is 2.42. The Kier molecular flexibility index (Phi) is 4.95. The molecule has 1 aromatic rings. The molecule has 0 saturated heterocycles. The molecule has 10 heavy (non-hydrogen) atoms. The predicted octanol–water partition coefficient (Wildman–Crippen LogP) is 3.04.